The van der Waals surface area contributed by atoms with Crippen LogP contribution in [0.2, 0.25) is 0 Å². The lowest BCUT2D eigenvalue weighted by molar-refractivity contribution is 0.0943. The number of nitrogens with one attached hydrogen (secondary N) is 2. The van der Waals surface area contributed by atoms with Crippen LogP contribution in [0.3, 0.4) is 0 Å². The average molecular weight is 300 g/mol. The summed E-state index contributed by atoms with van der Waals surface area (Å²) in [6, 6.07) is 3.66. The number of amides is 1. The van der Waals surface area contributed by atoms with Crippen molar-refractivity contribution in [1.82, 2.24) is 20.0 Å². The molecule has 0 bridgehead atoms. The molecule has 6 heteroatoms. The van der Waals surface area contributed by atoms with Gasteiger partial charge in [-0.05, 0) is 50.4 Å². The van der Waals surface area contributed by atoms with Gasteiger partial charge in [0.2, 0.25) is 0 Å². The van der Waals surface area contributed by atoms with Crippen molar-refractivity contribution in [1.29, 1.82) is 0 Å². The molecule has 1 atom stereocenters. The number of pyridine rings is 1. The lowest BCUT2D eigenvalue weighted by Gasteiger charge is -2.22. The number of fused-ring (bicyclic) bond motifs is 1. The second kappa shape index (κ2) is 6.27. The largest absolute Gasteiger partial charge is 0.351 e. The van der Waals surface area contributed by atoms with Crippen LogP contribution in [0.25, 0.3) is 5.65 Å². The van der Waals surface area contributed by atoms with E-state index in [4.69, 9.17) is 0 Å². The van der Waals surface area contributed by atoms with Crippen LogP contribution in [-0.2, 0) is 0 Å². The first-order valence-corrected chi connectivity index (χ1v) is 7.62. The van der Waals surface area contributed by atoms with Gasteiger partial charge in [-0.15, -0.1) is 0 Å². The summed E-state index contributed by atoms with van der Waals surface area (Å²) < 4.78 is 1.42. The number of carbonyl (C=O) groups is 1. The standard InChI is InChI=1S/C16H20N4O2/c1-11-4-5-14-18-9-13(16(22)20(14)10-11)15(21)19-8-12-3-2-6-17-7-12/h4-5,9-10,12,17H,2-3,6-8H2,1H3,(H,19,21). The van der Waals surface area contributed by atoms with Gasteiger partial charge in [-0.3, -0.25) is 14.0 Å². The van der Waals surface area contributed by atoms with Gasteiger partial charge in [-0.1, -0.05) is 6.07 Å². The van der Waals surface area contributed by atoms with E-state index in [1.165, 1.54) is 10.6 Å². The Bertz CT molecular complexity index is 747. The quantitative estimate of drug-likeness (QED) is 0.876. The molecule has 3 rings (SSSR count). The van der Waals surface area contributed by atoms with E-state index in [9.17, 15) is 9.59 Å². The third-order valence-corrected chi connectivity index (χ3v) is 4.04. The molecule has 0 saturated carbocycles. The van der Waals surface area contributed by atoms with Gasteiger partial charge in [-0.25, -0.2) is 4.98 Å². The zero-order valence-electron chi connectivity index (χ0n) is 12.6. The van der Waals surface area contributed by atoms with Crippen LogP contribution in [0.1, 0.15) is 28.8 Å². The Morgan fingerprint density at radius 3 is 3.14 bits per heavy atom. The monoisotopic (exact) mass is 300 g/mol. The molecule has 2 aromatic rings. The van der Waals surface area contributed by atoms with Crippen molar-refractivity contribution >= 4 is 11.6 Å². The van der Waals surface area contributed by atoms with Crippen molar-refractivity contribution in [2.24, 2.45) is 5.92 Å². The van der Waals surface area contributed by atoms with Crippen molar-refractivity contribution in [2.75, 3.05) is 19.6 Å². The van der Waals surface area contributed by atoms with Gasteiger partial charge in [0, 0.05) is 18.9 Å². The van der Waals surface area contributed by atoms with Crippen LogP contribution in [0.5, 0.6) is 0 Å². The smallest absolute Gasteiger partial charge is 0.270 e. The zero-order chi connectivity index (χ0) is 15.5. The van der Waals surface area contributed by atoms with Crippen molar-refractivity contribution < 1.29 is 4.79 Å². The van der Waals surface area contributed by atoms with E-state index in [1.807, 2.05) is 13.0 Å². The molecule has 1 aliphatic rings. The fourth-order valence-electron chi connectivity index (χ4n) is 2.77. The summed E-state index contributed by atoms with van der Waals surface area (Å²) >= 11 is 0. The highest BCUT2D eigenvalue weighted by molar-refractivity contribution is 5.93. The zero-order valence-corrected chi connectivity index (χ0v) is 12.6. The molecule has 22 heavy (non-hydrogen) atoms. The van der Waals surface area contributed by atoms with Crippen LogP contribution in [-0.4, -0.2) is 34.9 Å². The molecule has 116 valence electrons. The summed E-state index contributed by atoms with van der Waals surface area (Å²) in [6.45, 7) is 4.44. The van der Waals surface area contributed by atoms with Gasteiger partial charge in [0.25, 0.3) is 11.5 Å². The highest BCUT2D eigenvalue weighted by atomic mass is 16.2. The molecule has 1 saturated heterocycles. The van der Waals surface area contributed by atoms with Crippen LogP contribution in [0, 0.1) is 12.8 Å². The van der Waals surface area contributed by atoms with E-state index < -0.39 is 0 Å². The first kappa shape index (κ1) is 14.7. The van der Waals surface area contributed by atoms with Gasteiger partial charge in [0.1, 0.15) is 11.2 Å². The fourth-order valence-corrected chi connectivity index (χ4v) is 2.77. The molecule has 1 aliphatic heterocycles. The highest BCUT2D eigenvalue weighted by Gasteiger charge is 2.17. The number of piperidine rings is 1. The number of carbonyl (C=O) groups excluding carboxylic acids is 1. The molecule has 0 aliphatic carbocycles. The molecular weight excluding hydrogens is 280 g/mol. The molecule has 1 amide bonds. The Balaban J connectivity index is 1.78. The Kier molecular flexibility index (Phi) is 4.20. The summed E-state index contributed by atoms with van der Waals surface area (Å²) in [7, 11) is 0. The maximum Gasteiger partial charge on any atom is 0.270 e. The summed E-state index contributed by atoms with van der Waals surface area (Å²) in [5.74, 6) is 0.0788. The lowest BCUT2D eigenvalue weighted by Crippen LogP contribution is -2.39. The first-order valence-electron chi connectivity index (χ1n) is 7.62. The van der Waals surface area contributed by atoms with E-state index in [0.29, 0.717) is 18.1 Å². The number of nitrogens with zero attached hydrogens (tertiary/aromatic N) is 2. The summed E-state index contributed by atoms with van der Waals surface area (Å²) in [5, 5.41) is 6.17. The Labute approximate surface area is 128 Å². The predicted molar refractivity (Wildman–Crippen MR) is 84.1 cm³/mol. The average Bonchev–Trinajstić information content (AvgIpc) is 2.54. The molecule has 0 spiro atoms. The van der Waals surface area contributed by atoms with Gasteiger partial charge in [-0.2, -0.15) is 0 Å². The Morgan fingerprint density at radius 2 is 2.36 bits per heavy atom. The third kappa shape index (κ3) is 3.01. The molecule has 0 radical (unpaired) electrons. The molecule has 0 aromatic carbocycles. The van der Waals surface area contributed by atoms with E-state index >= 15 is 0 Å². The fraction of sp³-hybridized carbons (Fsp3) is 0.438. The maximum atomic E-state index is 12.4. The topological polar surface area (TPSA) is 75.5 Å². The number of hydrogen-bond acceptors (Lipinski definition) is 4. The lowest BCUT2D eigenvalue weighted by atomic mass is 10.00. The minimum absolute atomic E-state index is 0.0897. The van der Waals surface area contributed by atoms with Crippen LogP contribution in [0.15, 0.2) is 29.3 Å². The number of aromatic nitrogens is 2. The van der Waals surface area contributed by atoms with Gasteiger partial charge < -0.3 is 10.6 Å². The summed E-state index contributed by atoms with van der Waals surface area (Å²) in [6.07, 6.45) is 5.29. The first-order chi connectivity index (χ1) is 10.6. The number of hydrogen-bond donors (Lipinski definition) is 2. The SMILES string of the molecule is Cc1ccc2ncc(C(=O)NCC3CCCNC3)c(=O)n2c1. The molecule has 3 heterocycles. The van der Waals surface area contributed by atoms with Crippen molar-refractivity contribution in [3.63, 3.8) is 0 Å². The Hall–Kier alpha value is -2.21. The van der Waals surface area contributed by atoms with Crippen LogP contribution < -0.4 is 16.2 Å². The van der Waals surface area contributed by atoms with Crippen molar-refractivity contribution in [2.45, 2.75) is 19.8 Å². The second-order valence-electron chi connectivity index (χ2n) is 5.83. The minimum atomic E-state index is -0.348. The summed E-state index contributed by atoms with van der Waals surface area (Å²) in [4.78, 5) is 28.9. The van der Waals surface area contributed by atoms with Gasteiger partial charge >= 0.3 is 0 Å². The van der Waals surface area contributed by atoms with E-state index in [-0.39, 0.29) is 17.0 Å². The normalized spacial score (nSPS) is 18.3. The van der Waals surface area contributed by atoms with Crippen molar-refractivity contribution in [3.05, 3.63) is 46.0 Å². The molecule has 2 aromatic heterocycles. The number of aryl methyl sites for hydroxylation is 1. The van der Waals surface area contributed by atoms with E-state index in [0.717, 1.165) is 31.5 Å². The Morgan fingerprint density at radius 1 is 1.50 bits per heavy atom. The van der Waals surface area contributed by atoms with Crippen LogP contribution >= 0.6 is 0 Å². The predicted octanol–water partition coefficient (Wildman–Crippen LogP) is 0.732. The summed E-state index contributed by atoms with van der Waals surface area (Å²) in [5.41, 5.74) is 1.26. The molecule has 1 unspecified atom stereocenters. The molecule has 1 fully saturated rings. The molecular formula is C16H20N4O2. The highest BCUT2D eigenvalue weighted by Crippen LogP contribution is 2.08. The van der Waals surface area contributed by atoms with E-state index in [1.54, 1.807) is 12.3 Å². The van der Waals surface area contributed by atoms with Gasteiger partial charge in [0.05, 0.1) is 0 Å². The second-order valence-corrected chi connectivity index (χ2v) is 5.83. The maximum absolute atomic E-state index is 12.4. The number of rotatable bonds is 3. The molecule has 2 N–H and O–H groups in total. The minimum Gasteiger partial charge on any atom is -0.351 e. The van der Waals surface area contributed by atoms with E-state index in [2.05, 4.69) is 15.6 Å². The third-order valence-electron chi connectivity index (χ3n) is 4.04. The van der Waals surface area contributed by atoms with Gasteiger partial charge in [0.15, 0.2) is 0 Å². The molecule has 6 nitrogen and oxygen atoms in total. The van der Waals surface area contributed by atoms with Crippen molar-refractivity contribution in [3.8, 4) is 0 Å². The van der Waals surface area contributed by atoms with Crippen LogP contribution in [0.4, 0.5) is 0 Å².